The van der Waals surface area contributed by atoms with E-state index in [2.05, 4.69) is 11.0 Å². The van der Waals surface area contributed by atoms with Gasteiger partial charge < -0.3 is 14.9 Å². The third kappa shape index (κ3) is 2.66. The molecule has 3 rings (SSSR count). The molecule has 0 aliphatic carbocycles. The number of nitrogens with zero attached hydrogens (tertiary/aromatic N) is 1. The van der Waals surface area contributed by atoms with Gasteiger partial charge in [0.2, 0.25) is 0 Å². The van der Waals surface area contributed by atoms with E-state index in [0.717, 1.165) is 31.8 Å². The van der Waals surface area contributed by atoms with E-state index in [0.29, 0.717) is 0 Å². The summed E-state index contributed by atoms with van der Waals surface area (Å²) in [5.74, 6) is 0. The number of fused-ring (bicyclic) bond motifs is 1. The monoisotopic (exact) mass is 260 g/mol. The number of benzene rings is 1. The minimum absolute atomic E-state index is 0.0730. The number of rotatable bonds is 3. The van der Waals surface area contributed by atoms with Gasteiger partial charge in [0.15, 0.2) is 0 Å². The Kier molecular flexibility index (Phi) is 3.55. The van der Waals surface area contributed by atoms with Crippen molar-refractivity contribution in [2.75, 3.05) is 19.7 Å². The van der Waals surface area contributed by atoms with E-state index >= 15 is 0 Å². The standard InChI is InChI=1S/C15H20N2O2/c1-11(16)15-9-17(6-7-18-15)8-12-10-19-14-5-3-2-4-13(12)14/h2-5,10-11,15H,6-9,16H2,1H3. The summed E-state index contributed by atoms with van der Waals surface area (Å²) in [5.41, 5.74) is 8.11. The number of hydrogen-bond acceptors (Lipinski definition) is 4. The summed E-state index contributed by atoms with van der Waals surface area (Å²) >= 11 is 0. The van der Waals surface area contributed by atoms with Gasteiger partial charge in [0.1, 0.15) is 5.58 Å². The Hall–Kier alpha value is -1.36. The summed E-state index contributed by atoms with van der Waals surface area (Å²) in [4.78, 5) is 2.38. The van der Waals surface area contributed by atoms with Gasteiger partial charge in [0, 0.05) is 36.6 Å². The summed E-state index contributed by atoms with van der Waals surface area (Å²) in [7, 11) is 0. The van der Waals surface area contributed by atoms with Gasteiger partial charge in [-0.15, -0.1) is 0 Å². The van der Waals surface area contributed by atoms with Crippen LogP contribution in [0.5, 0.6) is 0 Å². The fourth-order valence-corrected chi connectivity index (χ4v) is 2.59. The Bertz CT molecular complexity index is 550. The lowest BCUT2D eigenvalue weighted by molar-refractivity contribution is -0.0402. The maximum absolute atomic E-state index is 5.92. The first-order valence-corrected chi connectivity index (χ1v) is 6.78. The molecule has 4 heteroatoms. The first-order valence-electron chi connectivity index (χ1n) is 6.78. The average Bonchev–Trinajstić information content (AvgIpc) is 2.83. The Morgan fingerprint density at radius 3 is 3.11 bits per heavy atom. The minimum Gasteiger partial charge on any atom is -0.464 e. The number of ether oxygens (including phenoxy) is 1. The topological polar surface area (TPSA) is 51.6 Å². The van der Waals surface area contributed by atoms with Crippen LogP contribution in [-0.2, 0) is 11.3 Å². The van der Waals surface area contributed by atoms with Crippen LogP contribution in [0.4, 0.5) is 0 Å². The zero-order chi connectivity index (χ0) is 13.2. The predicted octanol–water partition coefficient (Wildman–Crippen LogP) is 1.98. The van der Waals surface area contributed by atoms with Gasteiger partial charge in [-0.25, -0.2) is 0 Å². The van der Waals surface area contributed by atoms with Crippen LogP contribution in [0.2, 0.25) is 0 Å². The Morgan fingerprint density at radius 2 is 2.26 bits per heavy atom. The van der Waals surface area contributed by atoms with Gasteiger partial charge >= 0.3 is 0 Å². The number of furan rings is 1. The van der Waals surface area contributed by atoms with Gasteiger partial charge in [-0.3, -0.25) is 4.90 Å². The third-order valence-electron chi connectivity index (χ3n) is 3.72. The normalized spacial score (nSPS) is 22.7. The molecule has 1 saturated heterocycles. The molecule has 4 nitrogen and oxygen atoms in total. The largest absolute Gasteiger partial charge is 0.464 e. The molecule has 1 aliphatic rings. The lowest BCUT2D eigenvalue weighted by Crippen LogP contribution is -2.49. The maximum Gasteiger partial charge on any atom is 0.134 e. The molecule has 19 heavy (non-hydrogen) atoms. The molecule has 0 bridgehead atoms. The highest BCUT2D eigenvalue weighted by Gasteiger charge is 2.24. The van der Waals surface area contributed by atoms with Crippen LogP contribution in [0.3, 0.4) is 0 Å². The van der Waals surface area contributed by atoms with Gasteiger partial charge in [0.05, 0.1) is 19.0 Å². The van der Waals surface area contributed by atoms with Gasteiger partial charge in [0.25, 0.3) is 0 Å². The first-order chi connectivity index (χ1) is 9.24. The molecular weight excluding hydrogens is 240 g/mol. The molecule has 2 unspecified atom stereocenters. The summed E-state index contributed by atoms with van der Waals surface area (Å²) in [5, 5.41) is 1.20. The summed E-state index contributed by atoms with van der Waals surface area (Å²) in [6, 6.07) is 8.23. The van der Waals surface area contributed by atoms with Gasteiger partial charge in [-0.1, -0.05) is 18.2 Å². The molecule has 0 spiro atoms. The van der Waals surface area contributed by atoms with Crippen LogP contribution >= 0.6 is 0 Å². The maximum atomic E-state index is 5.92. The molecule has 0 saturated carbocycles. The highest BCUT2D eigenvalue weighted by atomic mass is 16.5. The molecule has 0 radical (unpaired) electrons. The van der Waals surface area contributed by atoms with E-state index in [1.54, 1.807) is 0 Å². The average molecular weight is 260 g/mol. The zero-order valence-corrected chi connectivity index (χ0v) is 11.2. The van der Waals surface area contributed by atoms with Crippen LogP contribution in [0.15, 0.2) is 34.9 Å². The molecule has 1 aromatic heterocycles. The number of hydrogen-bond donors (Lipinski definition) is 1. The van der Waals surface area contributed by atoms with Crippen molar-refractivity contribution in [1.29, 1.82) is 0 Å². The Balaban J connectivity index is 1.74. The van der Waals surface area contributed by atoms with E-state index in [1.807, 2.05) is 31.4 Å². The van der Waals surface area contributed by atoms with Crippen LogP contribution < -0.4 is 5.73 Å². The second kappa shape index (κ2) is 5.33. The van der Waals surface area contributed by atoms with E-state index in [4.69, 9.17) is 14.9 Å². The van der Waals surface area contributed by atoms with Crippen LogP contribution in [0, 0.1) is 0 Å². The van der Waals surface area contributed by atoms with Crippen molar-refractivity contribution in [3.05, 3.63) is 36.1 Å². The fourth-order valence-electron chi connectivity index (χ4n) is 2.59. The van der Waals surface area contributed by atoms with Crippen LogP contribution in [0.1, 0.15) is 12.5 Å². The lowest BCUT2D eigenvalue weighted by Gasteiger charge is -2.34. The molecule has 0 amide bonds. The van der Waals surface area contributed by atoms with Crippen LogP contribution in [-0.4, -0.2) is 36.7 Å². The zero-order valence-electron chi connectivity index (χ0n) is 11.2. The SMILES string of the molecule is CC(N)C1CN(Cc2coc3ccccc23)CCO1. The number of para-hydroxylation sites is 1. The van der Waals surface area contributed by atoms with E-state index in [1.165, 1.54) is 10.9 Å². The highest BCUT2D eigenvalue weighted by Crippen LogP contribution is 2.23. The minimum atomic E-state index is 0.0730. The van der Waals surface area contributed by atoms with Crippen molar-refractivity contribution in [1.82, 2.24) is 4.90 Å². The lowest BCUT2D eigenvalue weighted by atomic mass is 10.1. The van der Waals surface area contributed by atoms with Crippen molar-refractivity contribution in [3.63, 3.8) is 0 Å². The second-order valence-electron chi connectivity index (χ2n) is 5.26. The summed E-state index contributed by atoms with van der Waals surface area (Å²) in [6.07, 6.45) is 1.99. The van der Waals surface area contributed by atoms with Crippen molar-refractivity contribution >= 4 is 11.0 Å². The molecule has 1 fully saturated rings. The van der Waals surface area contributed by atoms with Gasteiger partial charge in [-0.2, -0.15) is 0 Å². The van der Waals surface area contributed by atoms with E-state index in [9.17, 15) is 0 Å². The molecule has 1 aliphatic heterocycles. The summed E-state index contributed by atoms with van der Waals surface area (Å²) in [6.45, 7) is 5.48. The molecule has 2 N–H and O–H groups in total. The molecule has 1 aromatic carbocycles. The molecule has 2 aromatic rings. The predicted molar refractivity (Wildman–Crippen MR) is 74.9 cm³/mol. The molecular formula is C15H20N2O2. The van der Waals surface area contributed by atoms with Crippen molar-refractivity contribution in [2.24, 2.45) is 5.73 Å². The third-order valence-corrected chi connectivity index (χ3v) is 3.72. The molecule has 2 atom stereocenters. The molecule has 102 valence electrons. The number of morpholine rings is 1. The van der Waals surface area contributed by atoms with E-state index in [-0.39, 0.29) is 12.1 Å². The quantitative estimate of drug-likeness (QED) is 0.917. The highest BCUT2D eigenvalue weighted by molar-refractivity contribution is 5.80. The Labute approximate surface area is 113 Å². The summed E-state index contributed by atoms with van der Waals surface area (Å²) < 4.78 is 11.3. The van der Waals surface area contributed by atoms with Gasteiger partial charge in [-0.05, 0) is 13.0 Å². The van der Waals surface area contributed by atoms with Crippen LogP contribution in [0.25, 0.3) is 11.0 Å². The first kappa shape index (κ1) is 12.7. The molecule has 2 heterocycles. The second-order valence-corrected chi connectivity index (χ2v) is 5.26. The van der Waals surface area contributed by atoms with E-state index < -0.39 is 0 Å². The van der Waals surface area contributed by atoms with Crippen molar-refractivity contribution in [3.8, 4) is 0 Å². The van der Waals surface area contributed by atoms with Crippen molar-refractivity contribution in [2.45, 2.75) is 25.6 Å². The Morgan fingerprint density at radius 1 is 1.42 bits per heavy atom. The fraction of sp³-hybridized carbons (Fsp3) is 0.467. The van der Waals surface area contributed by atoms with Crippen molar-refractivity contribution < 1.29 is 9.15 Å². The number of nitrogens with two attached hydrogens (primary N) is 1. The smallest absolute Gasteiger partial charge is 0.134 e.